The van der Waals surface area contributed by atoms with Gasteiger partial charge in [0.1, 0.15) is 30.4 Å². The van der Waals surface area contributed by atoms with E-state index in [1.54, 1.807) is 0 Å². The van der Waals surface area contributed by atoms with Crippen molar-refractivity contribution >= 4 is 72.1 Å². The second kappa shape index (κ2) is 19.8. The number of carboxylic acids is 2. The summed E-state index contributed by atoms with van der Waals surface area (Å²) in [7, 11) is -9.07. The Morgan fingerprint density at radius 1 is 0.921 bits per heavy atom. The van der Waals surface area contributed by atoms with E-state index in [9.17, 15) is 86.5 Å². The van der Waals surface area contributed by atoms with E-state index in [-0.39, 0.29) is 46.1 Å². The third kappa shape index (κ3) is 11.4. The van der Waals surface area contributed by atoms with E-state index < -0.39 is 188 Å². The molecule has 412 valence electrons. The standard InChI is InChI=1S/C44H40ClF10N7O12S2/c1-41(2,75(3,70)71)10-9-21-5-6-22(23-7-8-26(45)30-32(23)61(17-42(48,49)50)59-37(30)62(76(4,72)73)40(69)74-34(39(67)68)33(64)38(65)66)31(56-21)27(13-18-11-19(46)14-20(47)12-18)57-28(63)16-60-36-29(35(58-60)44(53,54)55)24-15-25(24)43(36,51)52/h5-8,11-12,14,24-25,27,33-34,64H,9-10,13,15-17H2,1-4H3,(H,57,63)(H,65,66)(H,67,68)/t24-,25+,27-,33-,34-/m0/s1. The van der Waals surface area contributed by atoms with Crippen molar-refractivity contribution in [1.29, 1.82) is 0 Å². The van der Waals surface area contributed by atoms with Crippen molar-refractivity contribution in [3.05, 3.63) is 93.0 Å². The number of rotatable bonds is 18. The molecule has 1 saturated carbocycles. The molecule has 0 radical (unpaired) electrons. The average Bonchev–Trinajstić information content (AvgIpc) is 3.78. The fourth-order valence-corrected chi connectivity index (χ4v) is 10.2. The molecule has 2 aliphatic rings. The average molecular weight is 1150 g/mol. The van der Waals surface area contributed by atoms with Gasteiger partial charge in [-0.25, -0.2) is 40.0 Å². The minimum Gasteiger partial charge on any atom is -0.479 e. The van der Waals surface area contributed by atoms with Gasteiger partial charge in [-0.3, -0.25) is 19.1 Å². The second-order valence-corrected chi connectivity index (χ2v) is 23.5. The minimum absolute atomic E-state index is 0.0454. The number of pyridine rings is 1. The highest BCUT2D eigenvalue weighted by molar-refractivity contribution is 7.92. The molecular weight excluding hydrogens is 1110 g/mol. The maximum absolute atomic E-state index is 15.6. The Hall–Kier alpha value is -6.60. The number of carboxylic acid groups (broad SMARTS) is 2. The van der Waals surface area contributed by atoms with Crippen LogP contribution in [0.5, 0.6) is 0 Å². The number of aliphatic hydroxyl groups excluding tert-OH is 1. The number of nitrogens with one attached hydrogen (secondary N) is 1. The molecule has 5 atom stereocenters. The molecule has 2 aliphatic carbocycles. The molecule has 2 amide bonds. The number of carbonyl (C=O) groups excluding carboxylic acids is 2. The lowest BCUT2D eigenvalue weighted by Gasteiger charge is -2.25. The number of halogens is 11. The minimum atomic E-state index is -5.29. The van der Waals surface area contributed by atoms with Gasteiger partial charge in [0.05, 0.1) is 38.7 Å². The summed E-state index contributed by atoms with van der Waals surface area (Å²) < 4.78 is 202. The molecule has 7 rings (SSSR count). The first-order valence-electron chi connectivity index (χ1n) is 21.9. The van der Waals surface area contributed by atoms with Crippen molar-refractivity contribution in [2.24, 2.45) is 5.92 Å². The highest BCUT2D eigenvalue weighted by atomic mass is 35.5. The largest absolute Gasteiger partial charge is 0.479 e. The van der Waals surface area contributed by atoms with E-state index in [0.29, 0.717) is 6.07 Å². The summed E-state index contributed by atoms with van der Waals surface area (Å²) in [5.41, 5.74) is -6.30. The SMILES string of the molecule is CC(C)(CCc1ccc(-c2ccc(Cl)c3c(N(C(=O)O[C@H](C(=O)O)[C@H](O)C(=O)O)S(C)(=O)=O)nn(CC(F)(F)F)c23)c([C@H](Cc2cc(F)cc(F)c2)NC(=O)Cn2nc(C(F)(F)F)c3c2C(F)(F)[C@@H]2C[C@H]32)n1)S(C)(=O)=O. The number of benzene rings is 2. The van der Waals surface area contributed by atoms with Crippen LogP contribution in [0.4, 0.5) is 54.5 Å². The lowest BCUT2D eigenvalue weighted by atomic mass is 9.93. The zero-order valence-corrected chi connectivity index (χ0v) is 41.7. The Morgan fingerprint density at radius 3 is 2.09 bits per heavy atom. The Balaban J connectivity index is 1.47. The molecule has 0 spiro atoms. The predicted octanol–water partition coefficient (Wildman–Crippen LogP) is 6.67. The third-order valence-electron chi connectivity index (χ3n) is 12.6. The first-order chi connectivity index (χ1) is 34.8. The number of hydrogen-bond acceptors (Lipinski definition) is 13. The maximum Gasteiger partial charge on any atom is 0.435 e. The molecule has 0 aliphatic heterocycles. The Bertz CT molecular complexity index is 3420. The summed E-state index contributed by atoms with van der Waals surface area (Å²) in [6, 6.07) is 4.35. The van der Waals surface area contributed by atoms with Crippen LogP contribution in [0, 0.1) is 17.6 Å². The van der Waals surface area contributed by atoms with Crippen LogP contribution < -0.4 is 9.62 Å². The van der Waals surface area contributed by atoms with E-state index >= 15 is 8.78 Å². The van der Waals surface area contributed by atoms with Gasteiger partial charge in [0, 0.05) is 40.6 Å². The number of fused-ring (bicyclic) bond motifs is 4. The van der Waals surface area contributed by atoms with Gasteiger partial charge in [-0.2, -0.15) is 49.6 Å². The lowest BCUT2D eigenvalue weighted by molar-refractivity contribution is -0.165. The zero-order chi connectivity index (χ0) is 56.7. The molecule has 1 fully saturated rings. The number of aliphatic carboxylic acids is 2. The van der Waals surface area contributed by atoms with Gasteiger partial charge < -0.3 is 25.4 Å². The number of aliphatic hydroxyl groups is 1. The molecule has 4 N–H and O–H groups in total. The number of sulfone groups is 1. The number of aromatic nitrogens is 5. The monoisotopic (exact) mass is 1150 g/mol. The van der Waals surface area contributed by atoms with Crippen molar-refractivity contribution < 1.29 is 100.0 Å². The molecule has 19 nitrogen and oxygen atoms in total. The number of sulfonamides is 1. The molecule has 3 heterocycles. The first kappa shape index (κ1) is 57.1. The van der Waals surface area contributed by atoms with Crippen LogP contribution in [0.1, 0.15) is 72.6 Å². The summed E-state index contributed by atoms with van der Waals surface area (Å²) in [6.07, 6.45) is -19.3. The lowest BCUT2D eigenvalue weighted by Crippen LogP contribution is -2.47. The van der Waals surface area contributed by atoms with Crippen molar-refractivity contribution in [1.82, 2.24) is 29.9 Å². The van der Waals surface area contributed by atoms with Crippen LogP contribution >= 0.6 is 11.6 Å². The number of hydrogen-bond donors (Lipinski definition) is 4. The number of amides is 2. The molecule has 0 unspecified atom stereocenters. The van der Waals surface area contributed by atoms with Crippen molar-refractivity contribution in [3.8, 4) is 11.1 Å². The summed E-state index contributed by atoms with van der Waals surface area (Å²) in [5.74, 6) is -16.4. The molecular formula is C44H40ClF10N7O12S2. The third-order valence-corrected chi connectivity index (χ3v) is 16.1. The Morgan fingerprint density at radius 2 is 1.54 bits per heavy atom. The number of alkyl halides is 8. The summed E-state index contributed by atoms with van der Waals surface area (Å²) in [4.78, 5) is 55.8. The van der Waals surface area contributed by atoms with Gasteiger partial charge in [-0.15, -0.1) is 0 Å². The van der Waals surface area contributed by atoms with Gasteiger partial charge in [-0.05, 0) is 75.3 Å². The number of aryl methyl sites for hydroxylation is 1. The highest BCUT2D eigenvalue weighted by Crippen LogP contribution is 2.68. The fourth-order valence-electron chi connectivity index (χ4n) is 8.73. The van der Waals surface area contributed by atoms with Crippen LogP contribution in [-0.2, 0) is 77.0 Å². The van der Waals surface area contributed by atoms with Gasteiger partial charge in [0.2, 0.25) is 22.0 Å². The molecule has 5 aromatic rings. The van der Waals surface area contributed by atoms with Gasteiger partial charge >= 0.3 is 30.4 Å². The second-order valence-electron chi connectivity index (χ2n) is 18.6. The topological polar surface area (TPSA) is 270 Å². The molecule has 76 heavy (non-hydrogen) atoms. The Labute approximate surface area is 427 Å². The van der Waals surface area contributed by atoms with Crippen LogP contribution in [0.15, 0.2) is 42.5 Å². The van der Waals surface area contributed by atoms with Crippen LogP contribution in [0.2, 0.25) is 5.02 Å². The Kier molecular flexibility index (Phi) is 14.8. The van der Waals surface area contributed by atoms with E-state index in [2.05, 4.69) is 25.2 Å². The molecule has 0 saturated heterocycles. The summed E-state index contributed by atoms with van der Waals surface area (Å²) in [6.45, 7) is -0.811. The smallest absolute Gasteiger partial charge is 0.435 e. The number of nitrogens with zero attached hydrogens (tertiary/aromatic N) is 6. The van der Waals surface area contributed by atoms with Crippen LogP contribution in [0.25, 0.3) is 22.0 Å². The number of anilines is 1. The van der Waals surface area contributed by atoms with Crippen molar-refractivity contribution in [2.75, 3.05) is 16.8 Å². The quantitative estimate of drug-likeness (QED) is 0.0667. The van der Waals surface area contributed by atoms with E-state index in [0.717, 1.165) is 36.6 Å². The molecule has 0 bridgehead atoms. The first-order valence-corrected chi connectivity index (χ1v) is 26.0. The van der Waals surface area contributed by atoms with Crippen molar-refractivity contribution in [3.63, 3.8) is 0 Å². The van der Waals surface area contributed by atoms with Crippen LogP contribution in [-0.4, -0.2) is 116 Å². The van der Waals surface area contributed by atoms with E-state index in [1.807, 2.05) is 0 Å². The molecule has 32 heteroatoms. The summed E-state index contributed by atoms with van der Waals surface area (Å²) >= 11 is 6.54. The predicted molar refractivity (Wildman–Crippen MR) is 243 cm³/mol. The molecule has 2 aromatic carbocycles. The van der Waals surface area contributed by atoms with Gasteiger partial charge in [-0.1, -0.05) is 23.7 Å². The fraction of sp³-hybridized carbons (Fsp3) is 0.432. The zero-order valence-electron chi connectivity index (χ0n) is 39.3. The van der Waals surface area contributed by atoms with E-state index in [1.165, 1.54) is 19.9 Å². The normalized spacial score (nSPS) is 17.6. The van der Waals surface area contributed by atoms with Crippen molar-refractivity contribution in [2.45, 2.75) is 99.8 Å². The summed E-state index contributed by atoms with van der Waals surface area (Å²) in [5, 5.41) is 36.6. The maximum atomic E-state index is 15.6. The highest BCUT2D eigenvalue weighted by Gasteiger charge is 2.68. The van der Waals surface area contributed by atoms with E-state index in [4.69, 9.17) is 11.6 Å². The number of carbonyl (C=O) groups is 4. The number of ether oxygens (including phenoxy) is 1. The molecule has 3 aromatic heterocycles. The van der Waals surface area contributed by atoms with Crippen LogP contribution in [0.3, 0.4) is 0 Å². The van der Waals surface area contributed by atoms with Gasteiger partial charge in [0.25, 0.3) is 5.92 Å². The van der Waals surface area contributed by atoms with Gasteiger partial charge in [0.15, 0.2) is 27.5 Å².